The van der Waals surface area contributed by atoms with Crippen LogP contribution in [0.2, 0.25) is 0 Å². The third kappa shape index (κ3) is 6.30. The van der Waals surface area contributed by atoms with E-state index < -0.39 is 0 Å². The molecule has 1 amide bonds. The summed E-state index contributed by atoms with van der Waals surface area (Å²) in [5.74, 6) is 1.41. The van der Waals surface area contributed by atoms with E-state index in [1.54, 1.807) is 0 Å². The number of nitrogens with zero attached hydrogens (tertiary/aromatic N) is 4. The van der Waals surface area contributed by atoms with Crippen molar-refractivity contribution in [2.45, 2.75) is 45.2 Å². The van der Waals surface area contributed by atoms with Crippen molar-refractivity contribution in [2.24, 2.45) is 5.92 Å². The summed E-state index contributed by atoms with van der Waals surface area (Å²) in [6.45, 7) is 5.17. The highest BCUT2D eigenvalue weighted by molar-refractivity contribution is 9.10. The Balaban J connectivity index is 1.06. The van der Waals surface area contributed by atoms with E-state index >= 15 is 0 Å². The fraction of sp³-hybridized carbons (Fsp3) is 0.444. The summed E-state index contributed by atoms with van der Waals surface area (Å²) in [5, 5.41) is 7.26. The van der Waals surface area contributed by atoms with Crippen LogP contribution in [0.25, 0.3) is 11.4 Å². The number of amides is 1. The number of anilines is 1. The highest BCUT2D eigenvalue weighted by atomic mass is 79.9. The maximum absolute atomic E-state index is 12.8. The first-order chi connectivity index (χ1) is 17.1. The van der Waals surface area contributed by atoms with Crippen LogP contribution < -0.4 is 10.2 Å². The molecule has 0 radical (unpaired) electrons. The molecule has 3 heterocycles. The fourth-order valence-corrected chi connectivity index (χ4v) is 5.32. The van der Waals surface area contributed by atoms with Gasteiger partial charge in [0.2, 0.25) is 17.6 Å². The predicted molar refractivity (Wildman–Crippen MR) is 140 cm³/mol. The zero-order valence-corrected chi connectivity index (χ0v) is 21.5. The van der Waals surface area contributed by atoms with Gasteiger partial charge in [-0.2, -0.15) is 4.98 Å². The van der Waals surface area contributed by atoms with E-state index in [0.29, 0.717) is 24.8 Å². The molecule has 0 aliphatic carbocycles. The molecular weight excluding hydrogens is 506 g/mol. The Morgan fingerprint density at radius 3 is 2.54 bits per heavy atom. The number of hydrogen-bond donors (Lipinski definition) is 1. The molecule has 1 N–H and O–H groups in total. The molecule has 2 aliphatic rings. The molecule has 0 unspecified atom stereocenters. The van der Waals surface area contributed by atoms with E-state index in [1.807, 2.05) is 24.3 Å². The van der Waals surface area contributed by atoms with Gasteiger partial charge in [0.05, 0.1) is 6.54 Å². The second-order valence-corrected chi connectivity index (χ2v) is 10.4. The lowest BCUT2D eigenvalue weighted by atomic mass is 9.96. The first-order valence-electron chi connectivity index (χ1n) is 12.6. The lowest BCUT2D eigenvalue weighted by Crippen LogP contribution is -2.40. The van der Waals surface area contributed by atoms with Crippen LogP contribution in [-0.2, 0) is 17.9 Å². The van der Waals surface area contributed by atoms with Gasteiger partial charge in [0.25, 0.3) is 0 Å². The van der Waals surface area contributed by atoms with E-state index in [-0.39, 0.29) is 11.8 Å². The largest absolute Gasteiger partial charge is 0.372 e. The molecule has 184 valence electrons. The molecule has 1 aromatic heterocycles. The number of piperidine rings is 2. The average molecular weight is 538 g/mol. The number of aromatic nitrogens is 2. The van der Waals surface area contributed by atoms with E-state index in [0.717, 1.165) is 54.6 Å². The Morgan fingerprint density at radius 1 is 1.03 bits per heavy atom. The zero-order valence-electron chi connectivity index (χ0n) is 20.0. The van der Waals surface area contributed by atoms with Crippen molar-refractivity contribution in [1.29, 1.82) is 0 Å². The number of halogens is 1. The van der Waals surface area contributed by atoms with Crippen LogP contribution in [0, 0.1) is 5.92 Å². The summed E-state index contributed by atoms with van der Waals surface area (Å²) in [7, 11) is 0. The number of likely N-dealkylation sites (tertiary alicyclic amines) is 1. The van der Waals surface area contributed by atoms with Crippen LogP contribution in [0.1, 0.15) is 43.6 Å². The number of hydrogen-bond acceptors (Lipinski definition) is 6. The normalized spacial score (nSPS) is 17.5. The minimum absolute atomic E-state index is 0.0544. The number of carbonyl (C=O) groups is 1. The lowest BCUT2D eigenvalue weighted by Gasteiger charge is -2.30. The third-order valence-corrected chi connectivity index (χ3v) is 7.49. The van der Waals surface area contributed by atoms with Crippen molar-refractivity contribution < 1.29 is 9.32 Å². The van der Waals surface area contributed by atoms with Crippen LogP contribution in [0.4, 0.5) is 5.69 Å². The van der Waals surface area contributed by atoms with Crippen LogP contribution in [0.3, 0.4) is 0 Å². The second kappa shape index (κ2) is 11.4. The van der Waals surface area contributed by atoms with Gasteiger partial charge in [-0.15, -0.1) is 0 Å². The lowest BCUT2D eigenvalue weighted by molar-refractivity contribution is -0.126. The van der Waals surface area contributed by atoms with Gasteiger partial charge in [-0.05, 0) is 75.0 Å². The highest BCUT2D eigenvalue weighted by Crippen LogP contribution is 2.23. The Morgan fingerprint density at radius 2 is 1.80 bits per heavy atom. The van der Waals surface area contributed by atoms with E-state index in [1.165, 1.54) is 24.9 Å². The summed E-state index contributed by atoms with van der Waals surface area (Å²) < 4.78 is 6.45. The van der Waals surface area contributed by atoms with Gasteiger partial charge < -0.3 is 14.7 Å². The van der Waals surface area contributed by atoms with Crippen LogP contribution in [-0.4, -0.2) is 47.1 Å². The summed E-state index contributed by atoms with van der Waals surface area (Å²) >= 11 is 3.48. The Hall–Kier alpha value is -2.71. The fourth-order valence-electron chi connectivity index (χ4n) is 4.92. The molecule has 2 saturated heterocycles. The maximum atomic E-state index is 12.8. The minimum atomic E-state index is 0.0544. The molecule has 2 fully saturated rings. The minimum Gasteiger partial charge on any atom is -0.372 e. The molecule has 3 aromatic rings. The van der Waals surface area contributed by atoms with Crippen molar-refractivity contribution in [3.8, 4) is 11.4 Å². The first-order valence-corrected chi connectivity index (χ1v) is 13.4. The summed E-state index contributed by atoms with van der Waals surface area (Å²) in [6.07, 6.45) is 5.57. The van der Waals surface area contributed by atoms with Gasteiger partial charge in [-0.25, -0.2) is 0 Å². The molecule has 8 heteroatoms. The van der Waals surface area contributed by atoms with Crippen molar-refractivity contribution >= 4 is 27.5 Å². The predicted octanol–water partition coefficient (Wildman–Crippen LogP) is 5.02. The molecule has 7 nitrogen and oxygen atoms in total. The van der Waals surface area contributed by atoms with Crippen molar-refractivity contribution in [2.75, 3.05) is 31.1 Å². The molecule has 35 heavy (non-hydrogen) atoms. The van der Waals surface area contributed by atoms with Gasteiger partial charge in [0.1, 0.15) is 0 Å². The van der Waals surface area contributed by atoms with Crippen molar-refractivity contribution in [1.82, 2.24) is 20.4 Å². The second-order valence-electron chi connectivity index (χ2n) is 9.50. The van der Waals surface area contributed by atoms with Crippen LogP contribution in [0.15, 0.2) is 57.5 Å². The quantitative estimate of drug-likeness (QED) is 0.456. The number of benzene rings is 2. The Kier molecular flexibility index (Phi) is 7.79. The summed E-state index contributed by atoms with van der Waals surface area (Å²) in [6, 6.07) is 16.5. The van der Waals surface area contributed by atoms with Crippen LogP contribution in [0.5, 0.6) is 0 Å². The van der Waals surface area contributed by atoms with Gasteiger partial charge in [0, 0.05) is 41.3 Å². The Labute approximate surface area is 215 Å². The maximum Gasteiger partial charge on any atom is 0.241 e. The van der Waals surface area contributed by atoms with E-state index in [9.17, 15) is 4.79 Å². The molecule has 2 aromatic carbocycles. The van der Waals surface area contributed by atoms with Gasteiger partial charge >= 0.3 is 0 Å². The molecule has 2 aliphatic heterocycles. The highest BCUT2D eigenvalue weighted by Gasteiger charge is 2.26. The number of nitrogens with one attached hydrogen (secondary N) is 1. The smallest absolute Gasteiger partial charge is 0.241 e. The number of carbonyl (C=O) groups excluding carboxylic acids is 1. The molecule has 0 saturated carbocycles. The zero-order chi connectivity index (χ0) is 24.0. The SMILES string of the molecule is O=C(NCc1ccc(N2CCCCC2)cc1)C1CCN(Cc2nc(-c3cccc(Br)c3)no2)CC1. The van der Waals surface area contributed by atoms with Gasteiger partial charge in [0.15, 0.2) is 0 Å². The summed E-state index contributed by atoms with van der Waals surface area (Å²) in [5.41, 5.74) is 3.36. The monoisotopic (exact) mass is 537 g/mol. The average Bonchev–Trinajstić information content (AvgIpc) is 3.37. The standard InChI is InChI=1S/C27H32BrN5O2/c28-23-6-4-5-22(17-23)26-30-25(35-31-26)19-32-15-11-21(12-16-32)27(34)29-18-20-7-9-24(10-8-20)33-13-2-1-3-14-33/h4-10,17,21H,1-3,11-16,18-19H2,(H,29,34). The first kappa shape index (κ1) is 24.0. The molecular formula is C27H32BrN5O2. The molecule has 0 spiro atoms. The van der Waals surface area contributed by atoms with Crippen molar-refractivity contribution in [3.63, 3.8) is 0 Å². The van der Waals surface area contributed by atoms with E-state index in [2.05, 4.69) is 65.5 Å². The summed E-state index contributed by atoms with van der Waals surface area (Å²) in [4.78, 5) is 22.0. The van der Waals surface area contributed by atoms with Gasteiger partial charge in [-0.3, -0.25) is 9.69 Å². The molecule has 0 atom stereocenters. The molecule has 0 bridgehead atoms. The topological polar surface area (TPSA) is 74.5 Å². The molecule has 5 rings (SSSR count). The van der Waals surface area contributed by atoms with Crippen LogP contribution >= 0.6 is 15.9 Å². The third-order valence-electron chi connectivity index (χ3n) is 6.99. The number of rotatable bonds is 7. The van der Waals surface area contributed by atoms with E-state index in [4.69, 9.17) is 4.52 Å². The Bertz CT molecular complexity index is 1120. The van der Waals surface area contributed by atoms with Crippen molar-refractivity contribution in [3.05, 3.63) is 64.5 Å². The van der Waals surface area contributed by atoms with Gasteiger partial charge in [-0.1, -0.05) is 45.4 Å².